The number of ether oxygens (including phenoxy) is 23. The maximum atomic E-state index is 12.9. The monoisotopic (exact) mass is 1380 g/mol. The topological polar surface area (TPSA) is 335 Å². The van der Waals surface area contributed by atoms with Gasteiger partial charge in [0.2, 0.25) is 0 Å². The number of carbonyl (C=O) groups excluding carboxylic acids is 3. The summed E-state index contributed by atoms with van der Waals surface area (Å²) in [5, 5.41) is 11.7. The molecule has 32 nitrogen and oxygen atoms in total. The number of hydrogen-bond donors (Lipinski definition) is 2. The summed E-state index contributed by atoms with van der Waals surface area (Å²) < 4.78 is 144. The SMILES string of the molecule is C#CP(=O)(Nc1ccc(C(=O)ON2C(=O)CCC2=O)cc1)OCCOCCOCCOCCOCCOCCOCCOCCOCCOCCOCCOCCOCCOCCOCCOCCOCCOCCOCCOCCOCCOCCOCCOCCO. The number of rotatable bonds is 76. The Labute approximate surface area is 553 Å². The van der Waals surface area contributed by atoms with Crippen molar-refractivity contribution in [3.63, 3.8) is 0 Å². The van der Waals surface area contributed by atoms with Gasteiger partial charge < -0.3 is 129 Å². The van der Waals surface area contributed by atoms with Gasteiger partial charge in [0, 0.05) is 24.2 Å². The van der Waals surface area contributed by atoms with Crippen LogP contribution in [0.1, 0.15) is 23.2 Å². The van der Waals surface area contributed by atoms with E-state index in [9.17, 15) is 18.9 Å². The molecular weight excluding hydrogens is 1270 g/mol. The van der Waals surface area contributed by atoms with Crippen molar-refractivity contribution >= 4 is 31.0 Å². The molecule has 2 N–H and O–H groups in total. The van der Waals surface area contributed by atoms with Gasteiger partial charge >= 0.3 is 13.5 Å². The molecule has 1 atom stereocenters. The second kappa shape index (κ2) is 68.0. The number of terminal acetylenes is 1. The van der Waals surface area contributed by atoms with Crippen molar-refractivity contribution in [2.75, 3.05) is 322 Å². The van der Waals surface area contributed by atoms with Crippen LogP contribution in [0.25, 0.3) is 0 Å². The molecule has 0 bridgehead atoms. The van der Waals surface area contributed by atoms with E-state index in [1.165, 1.54) is 24.3 Å². The number of aliphatic hydroxyl groups is 1. The highest BCUT2D eigenvalue weighted by molar-refractivity contribution is 7.65. The minimum absolute atomic E-state index is 0.0135. The van der Waals surface area contributed by atoms with Crippen molar-refractivity contribution in [1.29, 1.82) is 0 Å². The van der Waals surface area contributed by atoms with Crippen LogP contribution in [0.5, 0.6) is 0 Å². The van der Waals surface area contributed by atoms with E-state index in [2.05, 4.69) is 10.7 Å². The third kappa shape index (κ3) is 56.4. The number of carbonyl (C=O) groups is 3. The molecule has 1 saturated heterocycles. The number of nitrogens with one attached hydrogen (secondary N) is 1. The average Bonchev–Trinajstić information content (AvgIpc) is 1.54. The van der Waals surface area contributed by atoms with Crippen molar-refractivity contribution < 1.29 is 142 Å². The second-order valence-corrected chi connectivity index (χ2v) is 20.8. The molecule has 1 fully saturated rings. The lowest BCUT2D eigenvalue weighted by Crippen LogP contribution is -2.32. The first kappa shape index (κ1) is 86.5. The van der Waals surface area contributed by atoms with Crippen molar-refractivity contribution in [3.05, 3.63) is 29.8 Å². The summed E-state index contributed by atoms with van der Waals surface area (Å²) in [5.74, 6) is -2.07. The van der Waals surface area contributed by atoms with Gasteiger partial charge in [-0.3, -0.25) is 14.2 Å². The minimum Gasteiger partial charge on any atom is -0.394 e. The maximum absolute atomic E-state index is 12.9. The van der Waals surface area contributed by atoms with E-state index in [0.29, 0.717) is 301 Å². The highest BCUT2D eigenvalue weighted by Gasteiger charge is 2.33. The molecule has 1 aliphatic heterocycles. The van der Waals surface area contributed by atoms with Crippen LogP contribution in [0.3, 0.4) is 0 Å². The molecule has 1 aromatic carbocycles. The van der Waals surface area contributed by atoms with E-state index in [1.54, 1.807) is 0 Å². The lowest BCUT2D eigenvalue weighted by Gasteiger charge is -2.16. The van der Waals surface area contributed by atoms with Gasteiger partial charge in [-0.25, -0.2) is 4.79 Å². The fraction of sp³-hybridized carbons (Fsp3) is 0.820. The van der Waals surface area contributed by atoms with Gasteiger partial charge in [-0.15, -0.1) is 11.5 Å². The molecule has 1 aliphatic rings. The van der Waals surface area contributed by atoms with E-state index >= 15 is 0 Å². The van der Waals surface area contributed by atoms with Crippen molar-refractivity contribution in [2.24, 2.45) is 0 Å². The molecule has 94 heavy (non-hydrogen) atoms. The summed E-state index contributed by atoms with van der Waals surface area (Å²) in [5.41, 5.74) is 2.50. The zero-order valence-electron chi connectivity index (χ0n) is 54.9. The number of aliphatic hydroxyl groups excluding tert-OH is 1. The van der Waals surface area contributed by atoms with Crippen molar-refractivity contribution in [2.45, 2.75) is 12.8 Å². The van der Waals surface area contributed by atoms with Crippen LogP contribution >= 0.6 is 7.52 Å². The number of hydroxylamine groups is 2. The van der Waals surface area contributed by atoms with Crippen LogP contribution in [0, 0.1) is 12.1 Å². The molecule has 0 aromatic heterocycles. The van der Waals surface area contributed by atoms with E-state index in [0.717, 1.165) is 0 Å². The Kier molecular flexibility index (Phi) is 62.5. The quantitative estimate of drug-likeness (QED) is 0.0404. The maximum Gasteiger partial charge on any atom is 0.367 e. The van der Waals surface area contributed by atoms with E-state index < -0.39 is 25.3 Å². The Balaban J connectivity index is 1.14. The summed E-state index contributed by atoms with van der Waals surface area (Å²) in [6.07, 6.45) is 5.41. The first-order valence-corrected chi connectivity index (χ1v) is 33.6. The molecular formula is C61H107N2O30P. The van der Waals surface area contributed by atoms with E-state index in [-0.39, 0.29) is 44.8 Å². The number of anilines is 1. The predicted octanol–water partition coefficient (Wildman–Crippen LogP) is 1.49. The van der Waals surface area contributed by atoms with Gasteiger partial charge in [0.05, 0.1) is 323 Å². The van der Waals surface area contributed by atoms with Gasteiger partial charge in [-0.1, -0.05) is 0 Å². The third-order valence-electron chi connectivity index (χ3n) is 11.7. The first-order valence-electron chi connectivity index (χ1n) is 32.0. The van der Waals surface area contributed by atoms with Crippen LogP contribution in [0.4, 0.5) is 5.69 Å². The van der Waals surface area contributed by atoms with Gasteiger partial charge in [0.1, 0.15) is 0 Å². The summed E-state index contributed by atoms with van der Waals surface area (Å²) >= 11 is 0. The summed E-state index contributed by atoms with van der Waals surface area (Å²) in [6, 6.07) is 5.57. The fourth-order valence-corrected chi connectivity index (χ4v) is 8.00. The Morgan fingerprint density at radius 1 is 0.351 bits per heavy atom. The number of amides is 2. The van der Waals surface area contributed by atoms with Gasteiger partial charge in [0.25, 0.3) is 11.8 Å². The zero-order valence-corrected chi connectivity index (χ0v) is 55.8. The fourth-order valence-electron chi connectivity index (χ4n) is 6.98. The molecule has 0 saturated carbocycles. The Morgan fingerprint density at radius 2 is 0.543 bits per heavy atom. The zero-order chi connectivity index (χ0) is 67.2. The minimum atomic E-state index is -3.72. The molecule has 2 amide bonds. The van der Waals surface area contributed by atoms with E-state index in [1.807, 2.05) is 0 Å². The average molecular weight is 1380 g/mol. The number of imide groups is 1. The molecule has 1 heterocycles. The summed E-state index contributed by atoms with van der Waals surface area (Å²) in [4.78, 5) is 40.6. The molecule has 1 unspecified atom stereocenters. The lowest BCUT2D eigenvalue weighted by molar-refractivity contribution is -0.172. The van der Waals surface area contributed by atoms with Gasteiger partial charge in [0.15, 0.2) is 0 Å². The van der Waals surface area contributed by atoms with Crippen molar-refractivity contribution in [1.82, 2.24) is 5.06 Å². The summed E-state index contributed by atoms with van der Waals surface area (Å²) in [7, 11) is -3.72. The van der Waals surface area contributed by atoms with Gasteiger partial charge in [-0.2, -0.15) is 0 Å². The Morgan fingerprint density at radius 3 is 0.734 bits per heavy atom. The Hall–Kier alpha value is -3.58. The number of benzene rings is 1. The largest absolute Gasteiger partial charge is 0.394 e. The van der Waals surface area contributed by atoms with Gasteiger partial charge in [-0.05, 0) is 24.3 Å². The Bertz CT molecular complexity index is 1930. The van der Waals surface area contributed by atoms with E-state index in [4.69, 9.17) is 130 Å². The van der Waals surface area contributed by atoms with Crippen molar-refractivity contribution in [3.8, 4) is 12.1 Å². The molecule has 33 heteroatoms. The number of hydrogen-bond acceptors (Lipinski definition) is 30. The van der Waals surface area contributed by atoms with Crippen LogP contribution in [0.15, 0.2) is 24.3 Å². The molecule has 2 rings (SSSR count). The van der Waals surface area contributed by atoms with Crippen LogP contribution in [0.2, 0.25) is 0 Å². The molecule has 1 aromatic rings. The smallest absolute Gasteiger partial charge is 0.367 e. The standard InChI is InChI=1S/C61H107N2O30P/c1-2-94(68,62-58-5-3-57(4-6-58)61(67)93-63-59(65)7-8-60(63)66)92-56-55-91-54-53-90-52-51-89-50-49-88-48-47-87-46-45-86-44-43-85-42-41-84-40-39-83-38-37-82-36-35-81-34-33-80-32-31-79-30-29-78-28-27-77-26-25-76-24-23-75-22-21-74-20-19-73-18-17-72-16-15-71-14-13-70-12-11-69-10-9-64/h1,3-6,64H,7-56H2,(H,62,68). The van der Waals surface area contributed by atoms with Crippen LogP contribution < -0.4 is 5.09 Å². The summed E-state index contributed by atoms with van der Waals surface area (Å²) in [6.45, 7) is 20.4. The third-order valence-corrected chi connectivity index (χ3v) is 13.1. The predicted molar refractivity (Wildman–Crippen MR) is 335 cm³/mol. The molecule has 546 valence electrons. The lowest BCUT2D eigenvalue weighted by atomic mass is 10.2. The highest BCUT2D eigenvalue weighted by atomic mass is 31.2. The normalized spacial score (nSPS) is 13.1. The molecule has 0 radical (unpaired) electrons. The van der Waals surface area contributed by atoms with Crippen LogP contribution in [-0.4, -0.2) is 345 Å². The van der Waals surface area contributed by atoms with Crippen LogP contribution in [-0.2, 0) is 132 Å². The molecule has 0 aliphatic carbocycles. The first-order chi connectivity index (χ1) is 46.4. The number of nitrogens with zero attached hydrogens (tertiary/aromatic N) is 1. The highest BCUT2D eigenvalue weighted by Crippen LogP contribution is 2.45. The molecule has 0 spiro atoms. The second-order valence-electron chi connectivity index (χ2n) is 19.0.